The van der Waals surface area contributed by atoms with Crippen molar-refractivity contribution < 1.29 is 14.3 Å². The average Bonchev–Trinajstić information content (AvgIpc) is 2.74. The van der Waals surface area contributed by atoms with Crippen LogP contribution in [0.25, 0.3) is 0 Å². The molecule has 4 nitrogen and oxygen atoms in total. The maximum atomic E-state index is 13.0. The summed E-state index contributed by atoms with van der Waals surface area (Å²) in [6.45, 7) is 3.17. The highest BCUT2D eigenvalue weighted by atomic mass is 16.5. The second-order valence-corrected chi connectivity index (χ2v) is 5.79. The van der Waals surface area contributed by atoms with Crippen LogP contribution in [0.5, 0.6) is 0 Å². The number of carbonyl (C=O) groups excluding carboxylic acids is 2. The number of amides is 1. The molecule has 1 saturated heterocycles. The summed E-state index contributed by atoms with van der Waals surface area (Å²) in [5.41, 5.74) is -0.818. The number of nitrogens with one attached hydrogen (secondary N) is 1. The summed E-state index contributed by atoms with van der Waals surface area (Å²) in [6, 6.07) is 8.98. The van der Waals surface area contributed by atoms with Crippen LogP contribution in [-0.2, 0) is 9.53 Å². The molecule has 1 aromatic rings. The van der Waals surface area contributed by atoms with Crippen molar-refractivity contribution in [2.75, 3.05) is 13.2 Å². The van der Waals surface area contributed by atoms with Gasteiger partial charge in [-0.15, -0.1) is 0 Å². The van der Waals surface area contributed by atoms with Gasteiger partial charge in [-0.1, -0.05) is 50.1 Å². The zero-order valence-corrected chi connectivity index (χ0v) is 13.3. The van der Waals surface area contributed by atoms with E-state index in [1.165, 1.54) is 0 Å². The largest absolute Gasteiger partial charge is 0.357 e. The molecule has 1 atom stereocenters. The van der Waals surface area contributed by atoms with E-state index in [2.05, 4.69) is 12.2 Å². The molecular formula is C18H25NO3. The molecule has 1 aliphatic heterocycles. The standard InChI is InChI=1S/C18H25NO3/c1-2-3-9-14-22-18(12-7-8-13-19-17(18)21)16(20)15-10-5-4-6-11-15/h4-6,10-11H,2-3,7-9,12-14H2,1H3,(H,19,21). The van der Waals surface area contributed by atoms with Gasteiger partial charge in [0.1, 0.15) is 0 Å². The zero-order chi connectivity index (χ0) is 15.8. The molecule has 0 bridgehead atoms. The van der Waals surface area contributed by atoms with Crippen molar-refractivity contribution >= 4 is 11.7 Å². The summed E-state index contributed by atoms with van der Waals surface area (Å²) >= 11 is 0. The summed E-state index contributed by atoms with van der Waals surface area (Å²) < 4.78 is 5.92. The number of hydrogen-bond acceptors (Lipinski definition) is 3. The molecule has 1 fully saturated rings. The second-order valence-electron chi connectivity index (χ2n) is 5.79. The fourth-order valence-corrected chi connectivity index (χ4v) is 2.80. The lowest BCUT2D eigenvalue weighted by atomic mass is 9.87. The first kappa shape index (κ1) is 16.7. The van der Waals surface area contributed by atoms with Gasteiger partial charge in [-0.3, -0.25) is 9.59 Å². The van der Waals surface area contributed by atoms with Crippen LogP contribution < -0.4 is 5.32 Å². The highest BCUT2D eigenvalue weighted by Crippen LogP contribution is 2.27. The van der Waals surface area contributed by atoms with Crippen molar-refractivity contribution in [3.05, 3.63) is 35.9 Å². The van der Waals surface area contributed by atoms with E-state index in [0.29, 0.717) is 25.1 Å². The van der Waals surface area contributed by atoms with Crippen molar-refractivity contribution in [2.24, 2.45) is 0 Å². The Bertz CT molecular complexity index is 500. The summed E-state index contributed by atoms with van der Waals surface area (Å²) in [5.74, 6) is -0.501. The quantitative estimate of drug-likeness (QED) is 0.478. The molecule has 1 N–H and O–H groups in total. The Morgan fingerprint density at radius 1 is 1.23 bits per heavy atom. The third-order valence-electron chi connectivity index (χ3n) is 4.11. The van der Waals surface area contributed by atoms with Gasteiger partial charge in [0.05, 0.1) is 0 Å². The predicted octanol–water partition coefficient (Wildman–Crippen LogP) is 3.12. The van der Waals surface area contributed by atoms with Gasteiger partial charge >= 0.3 is 0 Å². The van der Waals surface area contributed by atoms with Crippen molar-refractivity contribution in [2.45, 2.75) is 51.0 Å². The van der Waals surface area contributed by atoms with Crippen LogP contribution >= 0.6 is 0 Å². The molecule has 1 aromatic carbocycles. The van der Waals surface area contributed by atoms with E-state index in [9.17, 15) is 9.59 Å². The van der Waals surface area contributed by atoms with Crippen LogP contribution in [0.3, 0.4) is 0 Å². The molecule has 4 heteroatoms. The maximum absolute atomic E-state index is 13.0. The molecule has 0 saturated carbocycles. The minimum absolute atomic E-state index is 0.219. The Morgan fingerprint density at radius 2 is 2.00 bits per heavy atom. The number of benzene rings is 1. The second kappa shape index (κ2) is 8.08. The van der Waals surface area contributed by atoms with E-state index in [1.807, 2.05) is 18.2 Å². The van der Waals surface area contributed by atoms with Crippen LogP contribution in [0.1, 0.15) is 55.8 Å². The molecular weight excluding hydrogens is 278 g/mol. The smallest absolute Gasteiger partial charge is 0.260 e. The number of Topliss-reactive ketones (excluding diaryl/α,β-unsaturated/α-hetero) is 1. The lowest BCUT2D eigenvalue weighted by molar-refractivity contribution is -0.141. The number of rotatable bonds is 7. The number of hydrogen-bond donors (Lipinski definition) is 1. The summed E-state index contributed by atoms with van der Waals surface area (Å²) in [4.78, 5) is 25.5. The fraction of sp³-hybridized carbons (Fsp3) is 0.556. The van der Waals surface area contributed by atoms with Crippen molar-refractivity contribution in [3.8, 4) is 0 Å². The van der Waals surface area contributed by atoms with Crippen molar-refractivity contribution in [3.63, 3.8) is 0 Å². The number of unbranched alkanes of at least 4 members (excludes halogenated alkanes) is 2. The Labute approximate surface area is 132 Å². The van der Waals surface area contributed by atoms with Crippen LogP contribution in [0, 0.1) is 0 Å². The van der Waals surface area contributed by atoms with Crippen molar-refractivity contribution in [1.82, 2.24) is 5.32 Å². The van der Waals surface area contributed by atoms with Gasteiger partial charge in [0.15, 0.2) is 0 Å². The number of carbonyl (C=O) groups is 2. The van der Waals surface area contributed by atoms with E-state index in [0.717, 1.165) is 32.1 Å². The lowest BCUT2D eigenvalue weighted by Crippen LogP contribution is -2.53. The van der Waals surface area contributed by atoms with Gasteiger partial charge in [0, 0.05) is 18.7 Å². The van der Waals surface area contributed by atoms with Gasteiger partial charge in [-0.05, 0) is 25.7 Å². The Hall–Kier alpha value is -1.68. The Kier molecular flexibility index (Phi) is 6.13. The first-order valence-electron chi connectivity index (χ1n) is 8.23. The van der Waals surface area contributed by atoms with E-state index in [-0.39, 0.29) is 11.7 Å². The summed E-state index contributed by atoms with van der Waals surface area (Å²) in [6.07, 6.45) is 5.14. The minimum Gasteiger partial charge on any atom is -0.357 e. The molecule has 0 spiro atoms. The molecule has 1 aliphatic rings. The maximum Gasteiger partial charge on any atom is 0.260 e. The van der Waals surface area contributed by atoms with E-state index in [1.54, 1.807) is 12.1 Å². The Morgan fingerprint density at radius 3 is 2.73 bits per heavy atom. The third kappa shape index (κ3) is 3.74. The van der Waals surface area contributed by atoms with Crippen LogP contribution in [0.4, 0.5) is 0 Å². The van der Waals surface area contributed by atoms with Crippen molar-refractivity contribution in [1.29, 1.82) is 0 Å². The zero-order valence-electron chi connectivity index (χ0n) is 13.3. The van der Waals surface area contributed by atoms with Gasteiger partial charge < -0.3 is 10.1 Å². The number of ether oxygens (including phenoxy) is 1. The third-order valence-corrected chi connectivity index (χ3v) is 4.11. The van der Waals surface area contributed by atoms with Gasteiger partial charge in [-0.25, -0.2) is 0 Å². The Balaban J connectivity index is 2.23. The molecule has 0 aliphatic carbocycles. The topological polar surface area (TPSA) is 55.4 Å². The van der Waals surface area contributed by atoms with Gasteiger partial charge in [0.25, 0.3) is 5.91 Å². The highest BCUT2D eigenvalue weighted by Gasteiger charge is 2.47. The molecule has 2 rings (SSSR count). The predicted molar refractivity (Wildman–Crippen MR) is 85.8 cm³/mol. The lowest BCUT2D eigenvalue weighted by Gasteiger charge is -2.29. The van der Waals surface area contributed by atoms with Crippen LogP contribution in [0.2, 0.25) is 0 Å². The monoisotopic (exact) mass is 303 g/mol. The fourth-order valence-electron chi connectivity index (χ4n) is 2.80. The SMILES string of the molecule is CCCCCOC1(C(=O)c2ccccc2)CCCCNC1=O. The average molecular weight is 303 g/mol. The molecule has 0 aromatic heterocycles. The van der Waals surface area contributed by atoms with E-state index < -0.39 is 5.60 Å². The van der Waals surface area contributed by atoms with Gasteiger partial charge in [-0.2, -0.15) is 0 Å². The van der Waals surface area contributed by atoms with E-state index in [4.69, 9.17) is 4.74 Å². The van der Waals surface area contributed by atoms with Crippen LogP contribution in [-0.4, -0.2) is 30.4 Å². The minimum atomic E-state index is -1.36. The van der Waals surface area contributed by atoms with Crippen LogP contribution in [0.15, 0.2) is 30.3 Å². The normalized spacial score (nSPS) is 22.0. The molecule has 1 heterocycles. The number of ketones is 1. The summed E-state index contributed by atoms with van der Waals surface area (Å²) in [7, 11) is 0. The molecule has 1 unspecified atom stereocenters. The van der Waals surface area contributed by atoms with Gasteiger partial charge in [0.2, 0.25) is 11.4 Å². The first-order chi connectivity index (χ1) is 10.7. The molecule has 0 radical (unpaired) electrons. The molecule has 22 heavy (non-hydrogen) atoms. The summed E-state index contributed by atoms with van der Waals surface area (Å²) in [5, 5.41) is 2.84. The van der Waals surface area contributed by atoms with E-state index >= 15 is 0 Å². The molecule has 120 valence electrons. The first-order valence-corrected chi connectivity index (χ1v) is 8.23. The molecule has 1 amide bonds. The highest BCUT2D eigenvalue weighted by molar-refractivity contribution is 6.17.